The molecule has 2 N–H and O–H groups in total. The van der Waals surface area contributed by atoms with Crippen LogP contribution >= 0.6 is 11.6 Å². The molecular weight excluding hydrogens is 293 g/mol. The predicted molar refractivity (Wildman–Crippen MR) is 81.1 cm³/mol. The lowest BCUT2D eigenvalue weighted by Crippen LogP contribution is -2.14. The van der Waals surface area contributed by atoms with E-state index < -0.39 is 5.82 Å². The number of nitrogens with zero attached hydrogens (tertiary/aromatic N) is 1. The molecule has 1 heterocycles. The Balaban J connectivity index is 1.87. The molecule has 0 unspecified atom stereocenters. The molecule has 6 heteroatoms. The van der Waals surface area contributed by atoms with E-state index in [0.29, 0.717) is 27.4 Å². The lowest BCUT2D eigenvalue weighted by molar-refractivity contribution is 0.630. The van der Waals surface area contributed by atoms with Crippen molar-refractivity contribution in [2.45, 2.75) is 6.54 Å². The number of aromatic nitrogens is 2. The lowest BCUT2D eigenvalue weighted by Gasteiger charge is -2.08. The van der Waals surface area contributed by atoms with Crippen LogP contribution in [0.1, 0.15) is 5.82 Å². The van der Waals surface area contributed by atoms with Gasteiger partial charge in [0.2, 0.25) is 0 Å². The fraction of sp³-hybridized carbons (Fsp3) is 0.0667. The number of fused-ring (bicyclic) bond motifs is 1. The third-order valence-electron chi connectivity index (χ3n) is 3.04. The first-order valence-electron chi connectivity index (χ1n) is 6.30. The van der Waals surface area contributed by atoms with Crippen molar-refractivity contribution in [3.8, 4) is 0 Å². The van der Waals surface area contributed by atoms with Crippen LogP contribution in [0.25, 0.3) is 10.9 Å². The van der Waals surface area contributed by atoms with E-state index in [2.05, 4.69) is 15.3 Å². The summed E-state index contributed by atoms with van der Waals surface area (Å²) in [5.41, 5.74) is 0.693. The van der Waals surface area contributed by atoms with Crippen LogP contribution in [-0.2, 0) is 6.54 Å². The van der Waals surface area contributed by atoms with Crippen LogP contribution in [-0.4, -0.2) is 9.97 Å². The van der Waals surface area contributed by atoms with E-state index in [0.717, 1.165) is 0 Å². The fourth-order valence-corrected chi connectivity index (χ4v) is 2.19. The number of anilines is 1. The van der Waals surface area contributed by atoms with E-state index in [1.165, 1.54) is 12.1 Å². The number of rotatable bonds is 3. The minimum atomic E-state index is -0.453. The number of hydrogen-bond acceptors (Lipinski definition) is 3. The number of hydrogen-bond donors (Lipinski definition) is 2. The number of aromatic amines is 1. The molecule has 0 atom stereocenters. The Hall–Kier alpha value is -2.40. The average molecular weight is 304 g/mol. The molecule has 3 aromatic rings. The maximum atomic E-state index is 13.6. The van der Waals surface area contributed by atoms with Gasteiger partial charge < -0.3 is 10.3 Å². The van der Waals surface area contributed by atoms with Crippen LogP contribution in [0.15, 0.2) is 47.3 Å². The molecule has 0 fully saturated rings. The zero-order valence-corrected chi connectivity index (χ0v) is 11.6. The second-order valence-electron chi connectivity index (χ2n) is 4.51. The van der Waals surface area contributed by atoms with Crippen LogP contribution in [0.5, 0.6) is 0 Å². The van der Waals surface area contributed by atoms with E-state index >= 15 is 0 Å². The van der Waals surface area contributed by atoms with E-state index in [9.17, 15) is 9.18 Å². The van der Waals surface area contributed by atoms with Crippen LogP contribution < -0.4 is 10.9 Å². The highest BCUT2D eigenvalue weighted by Gasteiger charge is 2.05. The van der Waals surface area contributed by atoms with E-state index in [4.69, 9.17) is 11.6 Å². The Kier molecular flexibility index (Phi) is 3.58. The molecule has 0 saturated heterocycles. The second kappa shape index (κ2) is 5.54. The Morgan fingerprint density at radius 2 is 2.05 bits per heavy atom. The molecule has 0 aliphatic heterocycles. The standard InChI is InChI=1S/C15H11ClFN3O/c16-9-5-6-13(11(17)7-9)18-8-14-19-12-4-2-1-3-10(12)15(21)20-14/h1-7,18H,8H2,(H,19,20,21). The lowest BCUT2D eigenvalue weighted by atomic mass is 10.2. The van der Waals surface area contributed by atoms with Gasteiger partial charge in [-0.05, 0) is 30.3 Å². The summed E-state index contributed by atoms with van der Waals surface area (Å²) in [7, 11) is 0. The van der Waals surface area contributed by atoms with Gasteiger partial charge in [-0.2, -0.15) is 0 Å². The highest BCUT2D eigenvalue weighted by atomic mass is 35.5. The van der Waals surface area contributed by atoms with Crippen LogP contribution in [0.3, 0.4) is 0 Å². The van der Waals surface area contributed by atoms with E-state index in [1.807, 2.05) is 6.07 Å². The average Bonchev–Trinajstić information content (AvgIpc) is 2.46. The van der Waals surface area contributed by atoms with Gasteiger partial charge in [-0.3, -0.25) is 4.79 Å². The molecule has 0 aliphatic carbocycles. The van der Waals surface area contributed by atoms with Crippen molar-refractivity contribution < 1.29 is 4.39 Å². The van der Waals surface area contributed by atoms with E-state index in [-0.39, 0.29) is 12.1 Å². The molecular formula is C15H11ClFN3O. The summed E-state index contributed by atoms with van der Waals surface area (Å²) >= 11 is 5.69. The Labute approximate surface area is 124 Å². The number of nitrogens with one attached hydrogen (secondary N) is 2. The van der Waals surface area contributed by atoms with Crippen molar-refractivity contribution >= 4 is 28.2 Å². The first-order chi connectivity index (χ1) is 10.1. The molecule has 1 aromatic heterocycles. The van der Waals surface area contributed by atoms with Crippen molar-refractivity contribution in [3.05, 3.63) is 69.5 Å². The largest absolute Gasteiger partial charge is 0.375 e. The molecule has 0 saturated carbocycles. The van der Waals surface area contributed by atoms with Gasteiger partial charge >= 0.3 is 0 Å². The number of H-pyrrole nitrogens is 1. The Morgan fingerprint density at radius 1 is 1.24 bits per heavy atom. The number of benzene rings is 2. The second-order valence-corrected chi connectivity index (χ2v) is 4.94. The van der Waals surface area contributed by atoms with Crippen molar-refractivity contribution in [1.82, 2.24) is 9.97 Å². The molecule has 4 nitrogen and oxygen atoms in total. The normalized spacial score (nSPS) is 10.8. The predicted octanol–water partition coefficient (Wildman–Crippen LogP) is 3.33. The summed E-state index contributed by atoms with van der Waals surface area (Å²) in [4.78, 5) is 18.9. The van der Waals surface area contributed by atoms with Gasteiger partial charge in [0.05, 0.1) is 23.1 Å². The van der Waals surface area contributed by atoms with Crippen molar-refractivity contribution in [3.63, 3.8) is 0 Å². The van der Waals surface area contributed by atoms with Gasteiger partial charge in [0.1, 0.15) is 11.6 Å². The molecule has 0 amide bonds. The minimum Gasteiger partial charge on any atom is -0.375 e. The molecule has 21 heavy (non-hydrogen) atoms. The van der Waals surface area contributed by atoms with Gasteiger partial charge in [-0.1, -0.05) is 23.7 Å². The minimum absolute atomic E-state index is 0.207. The summed E-state index contributed by atoms with van der Waals surface area (Å²) in [6, 6.07) is 11.4. The third-order valence-corrected chi connectivity index (χ3v) is 3.27. The molecule has 0 aliphatic rings. The van der Waals surface area contributed by atoms with Crippen molar-refractivity contribution in [2.24, 2.45) is 0 Å². The number of para-hydroxylation sites is 1. The quantitative estimate of drug-likeness (QED) is 0.780. The van der Waals surface area contributed by atoms with Gasteiger partial charge in [0.15, 0.2) is 0 Å². The number of halogens is 2. The topological polar surface area (TPSA) is 57.8 Å². The zero-order chi connectivity index (χ0) is 14.8. The van der Waals surface area contributed by atoms with Crippen molar-refractivity contribution in [2.75, 3.05) is 5.32 Å². The Morgan fingerprint density at radius 3 is 2.86 bits per heavy atom. The van der Waals surface area contributed by atoms with Crippen LogP contribution in [0.2, 0.25) is 5.02 Å². The smallest absolute Gasteiger partial charge is 0.258 e. The summed E-state index contributed by atoms with van der Waals surface area (Å²) in [6.45, 7) is 0.207. The molecule has 106 valence electrons. The highest BCUT2D eigenvalue weighted by Crippen LogP contribution is 2.19. The van der Waals surface area contributed by atoms with Crippen LogP contribution in [0.4, 0.5) is 10.1 Å². The van der Waals surface area contributed by atoms with Gasteiger partial charge in [0.25, 0.3) is 5.56 Å². The first kappa shape index (κ1) is 13.6. The molecule has 2 aromatic carbocycles. The van der Waals surface area contributed by atoms with Gasteiger partial charge in [-0.25, -0.2) is 9.37 Å². The summed E-state index contributed by atoms with van der Waals surface area (Å²) in [5.74, 6) is -0.0151. The fourth-order valence-electron chi connectivity index (χ4n) is 2.03. The Bertz CT molecular complexity index is 863. The third kappa shape index (κ3) is 2.87. The van der Waals surface area contributed by atoms with Gasteiger partial charge in [-0.15, -0.1) is 0 Å². The molecule has 3 rings (SSSR count). The zero-order valence-electron chi connectivity index (χ0n) is 10.9. The summed E-state index contributed by atoms with van der Waals surface area (Å²) in [6.07, 6.45) is 0. The highest BCUT2D eigenvalue weighted by molar-refractivity contribution is 6.30. The maximum Gasteiger partial charge on any atom is 0.258 e. The summed E-state index contributed by atoms with van der Waals surface area (Å²) < 4.78 is 13.6. The van der Waals surface area contributed by atoms with Crippen LogP contribution in [0, 0.1) is 5.82 Å². The summed E-state index contributed by atoms with van der Waals surface area (Å²) in [5, 5.41) is 3.74. The van der Waals surface area contributed by atoms with Crippen molar-refractivity contribution in [1.29, 1.82) is 0 Å². The molecule has 0 spiro atoms. The molecule has 0 bridgehead atoms. The maximum absolute atomic E-state index is 13.6. The first-order valence-corrected chi connectivity index (χ1v) is 6.68. The van der Waals surface area contributed by atoms with E-state index in [1.54, 1.807) is 24.3 Å². The SMILES string of the molecule is O=c1[nH]c(CNc2ccc(Cl)cc2F)nc2ccccc12. The molecule has 0 radical (unpaired) electrons. The monoisotopic (exact) mass is 303 g/mol. The van der Waals surface area contributed by atoms with Gasteiger partial charge in [0, 0.05) is 5.02 Å².